The molecule has 68 valence electrons. The van der Waals surface area contributed by atoms with Crippen molar-refractivity contribution in [2.75, 3.05) is 5.73 Å². The van der Waals surface area contributed by atoms with Gasteiger partial charge in [0.15, 0.2) is 0 Å². The third-order valence-electron chi connectivity index (χ3n) is 1.53. The minimum absolute atomic E-state index is 0.273. The van der Waals surface area contributed by atoms with E-state index in [0.29, 0.717) is 11.3 Å². The Hall–Kier alpha value is -1.36. The third kappa shape index (κ3) is 2.06. The number of hydrogen-bond acceptors (Lipinski definition) is 3. The Morgan fingerprint density at radius 1 is 1.46 bits per heavy atom. The van der Waals surface area contributed by atoms with Crippen LogP contribution in [0, 0.1) is 5.41 Å². The first-order valence-electron chi connectivity index (χ1n) is 3.46. The predicted molar refractivity (Wildman–Crippen MR) is 54.6 cm³/mol. The van der Waals surface area contributed by atoms with Crippen molar-refractivity contribution in [2.45, 2.75) is 0 Å². The second-order valence-electron chi connectivity index (χ2n) is 2.47. The number of nitrogen functional groups attached to an aromatic ring is 1. The highest BCUT2D eigenvalue weighted by molar-refractivity contribution is 9.10. The molecule has 0 saturated heterocycles. The Morgan fingerprint density at radius 3 is 2.54 bits per heavy atom. The van der Waals surface area contributed by atoms with Gasteiger partial charge < -0.3 is 11.5 Å². The number of carbonyl (C=O) groups is 1. The first kappa shape index (κ1) is 9.73. The fraction of sp³-hybridized carbons (Fsp3) is 0. The molecule has 1 aromatic carbocycles. The number of carbonyl (C=O) groups excluding carboxylic acids is 1. The lowest BCUT2D eigenvalue weighted by Crippen LogP contribution is -2.24. The minimum Gasteiger partial charge on any atom is -0.398 e. The number of nitrogens with two attached hydrogens (primary N) is 2. The van der Waals surface area contributed by atoms with Gasteiger partial charge in [-0.05, 0) is 18.2 Å². The minimum atomic E-state index is -0.783. The number of halogens is 1. The summed E-state index contributed by atoms with van der Waals surface area (Å²) in [5.41, 5.74) is 11.0. The van der Waals surface area contributed by atoms with Crippen LogP contribution in [0.15, 0.2) is 22.7 Å². The standard InChI is InChI=1S/C8H8BrN3O/c9-4-1-2-5(6(10)3-4)7(11)8(12)13/h1-3,11H,10H2,(H2,12,13). The second-order valence-corrected chi connectivity index (χ2v) is 3.39. The summed E-state index contributed by atoms with van der Waals surface area (Å²) in [4.78, 5) is 10.7. The molecule has 4 nitrogen and oxygen atoms in total. The number of rotatable bonds is 2. The van der Waals surface area contributed by atoms with Crippen molar-refractivity contribution in [2.24, 2.45) is 5.73 Å². The maximum Gasteiger partial charge on any atom is 0.267 e. The fourth-order valence-corrected chi connectivity index (χ4v) is 1.27. The van der Waals surface area contributed by atoms with Crippen molar-refractivity contribution >= 4 is 33.2 Å². The molecule has 0 aliphatic heterocycles. The van der Waals surface area contributed by atoms with E-state index in [0.717, 1.165) is 4.47 Å². The number of amides is 1. The summed E-state index contributed by atoms with van der Waals surface area (Å²) in [5.74, 6) is -0.783. The molecule has 1 rings (SSSR count). The van der Waals surface area contributed by atoms with Crippen LogP contribution in [-0.2, 0) is 4.79 Å². The van der Waals surface area contributed by atoms with Gasteiger partial charge in [0, 0.05) is 15.7 Å². The average molecular weight is 242 g/mol. The average Bonchev–Trinajstić information content (AvgIpc) is 2.03. The largest absolute Gasteiger partial charge is 0.398 e. The first-order valence-corrected chi connectivity index (χ1v) is 4.25. The number of primary amides is 1. The van der Waals surface area contributed by atoms with Crippen LogP contribution in [0.4, 0.5) is 5.69 Å². The molecule has 0 bridgehead atoms. The second kappa shape index (κ2) is 3.57. The first-order chi connectivity index (χ1) is 6.02. The molecule has 0 radical (unpaired) electrons. The molecule has 0 heterocycles. The normalized spacial score (nSPS) is 9.62. The summed E-state index contributed by atoms with van der Waals surface area (Å²) in [5, 5.41) is 7.33. The van der Waals surface area contributed by atoms with Crippen LogP contribution in [0.1, 0.15) is 5.56 Å². The molecule has 0 fully saturated rings. The molecular formula is C8H8BrN3O. The van der Waals surface area contributed by atoms with Crippen LogP contribution >= 0.6 is 15.9 Å². The van der Waals surface area contributed by atoms with Crippen molar-refractivity contribution in [3.05, 3.63) is 28.2 Å². The number of hydrogen-bond donors (Lipinski definition) is 3. The van der Waals surface area contributed by atoms with Crippen LogP contribution in [0.3, 0.4) is 0 Å². The van der Waals surface area contributed by atoms with Crippen molar-refractivity contribution in [3.8, 4) is 0 Å². The van der Waals surface area contributed by atoms with Gasteiger partial charge >= 0.3 is 0 Å². The van der Waals surface area contributed by atoms with Crippen molar-refractivity contribution in [1.29, 1.82) is 5.41 Å². The lowest BCUT2D eigenvalue weighted by atomic mass is 10.1. The summed E-state index contributed by atoms with van der Waals surface area (Å²) in [6.07, 6.45) is 0. The molecule has 0 saturated carbocycles. The van der Waals surface area contributed by atoms with E-state index in [2.05, 4.69) is 15.9 Å². The lowest BCUT2D eigenvalue weighted by Gasteiger charge is -2.04. The van der Waals surface area contributed by atoms with E-state index >= 15 is 0 Å². The molecule has 1 amide bonds. The SMILES string of the molecule is N=C(C(N)=O)c1ccc(Br)cc1N. The molecule has 0 spiro atoms. The van der Waals surface area contributed by atoms with Crippen LogP contribution in [0.25, 0.3) is 0 Å². The zero-order valence-corrected chi connectivity index (χ0v) is 8.26. The highest BCUT2D eigenvalue weighted by atomic mass is 79.9. The molecule has 5 heteroatoms. The highest BCUT2D eigenvalue weighted by Crippen LogP contribution is 2.18. The smallest absolute Gasteiger partial charge is 0.267 e. The van der Waals surface area contributed by atoms with E-state index in [1.807, 2.05) is 0 Å². The zero-order valence-electron chi connectivity index (χ0n) is 6.67. The molecule has 0 aliphatic carbocycles. The Labute approximate surface area is 83.6 Å². The Bertz CT molecular complexity index is 376. The van der Waals surface area contributed by atoms with Gasteiger partial charge in [-0.1, -0.05) is 15.9 Å². The van der Waals surface area contributed by atoms with E-state index < -0.39 is 5.91 Å². The molecular weight excluding hydrogens is 234 g/mol. The van der Waals surface area contributed by atoms with Gasteiger partial charge in [0.05, 0.1) is 0 Å². The highest BCUT2D eigenvalue weighted by Gasteiger charge is 2.10. The van der Waals surface area contributed by atoms with Crippen LogP contribution in [0.2, 0.25) is 0 Å². The van der Waals surface area contributed by atoms with Gasteiger partial charge in [-0.25, -0.2) is 0 Å². The zero-order chi connectivity index (χ0) is 10.0. The Balaban J connectivity index is 3.16. The van der Waals surface area contributed by atoms with Gasteiger partial charge in [-0.2, -0.15) is 0 Å². The molecule has 0 aliphatic rings. The maximum atomic E-state index is 10.7. The monoisotopic (exact) mass is 241 g/mol. The van der Waals surface area contributed by atoms with Crippen molar-refractivity contribution < 1.29 is 4.79 Å². The molecule has 5 N–H and O–H groups in total. The summed E-state index contributed by atoms with van der Waals surface area (Å²) in [7, 11) is 0. The molecule has 1 aromatic rings. The predicted octanol–water partition coefficient (Wildman–Crippen LogP) is 0.884. The van der Waals surface area contributed by atoms with Crippen molar-refractivity contribution in [3.63, 3.8) is 0 Å². The topological polar surface area (TPSA) is 93.0 Å². The molecule has 0 aromatic heterocycles. The van der Waals surface area contributed by atoms with Crippen LogP contribution in [0.5, 0.6) is 0 Å². The number of benzene rings is 1. The fourth-order valence-electron chi connectivity index (χ4n) is 0.894. The Morgan fingerprint density at radius 2 is 2.08 bits per heavy atom. The van der Waals surface area contributed by atoms with Crippen LogP contribution < -0.4 is 11.5 Å². The van der Waals surface area contributed by atoms with E-state index in [1.54, 1.807) is 18.2 Å². The molecule has 0 unspecified atom stereocenters. The number of anilines is 1. The van der Waals surface area contributed by atoms with Gasteiger partial charge in [-0.15, -0.1) is 0 Å². The summed E-state index contributed by atoms with van der Waals surface area (Å²) < 4.78 is 0.797. The summed E-state index contributed by atoms with van der Waals surface area (Å²) in [6, 6.07) is 4.89. The quantitative estimate of drug-likeness (QED) is 0.530. The summed E-state index contributed by atoms with van der Waals surface area (Å²) in [6.45, 7) is 0. The van der Waals surface area contributed by atoms with E-state index in [9.17, 15) is 4.79 Å². The van der Waals surface area contributed by atoms with Crippen LogP contribution in [-0.4, -0.2) is 11.6 Å². The van der Waals surface area contributed by atoms with Gasteiger partial charge in [0.2, 0.25) is 0 Å². The van der Waals surface area contributed by atoms with E-state index in [4.69, 9.17) is 16.9 Å². The molecule has 0 atom stereocenters. The number of nitrogens with one attached hydrogen (secondary N) is 1. The lowest BCUT2D eigenvalue weighted by molar-refractivity contribution is -0.112. The van der Waals surface area contributed by atoms with Gasteiger partial charge in [-0.3, -0.25) is 10.2 Å². The van der Waals surface area contributed by atoms with Gasteiger partial charge in [0.25, 0.3) is 5.91 Å². The van der Waals surface area contributed by atoms with Crippen molar-refractivity contribution in [1.82, 2.24) is 0 Å². The Kier molecular flexibility index (Phi) is 2.67. The van der Waals surface area contributed by atoms with E-state index in [-0.39, 0.29) is 5.71 Å². The van der Waals surface area contributed by atoms with E-state index in [1.165, 1.54) is 0 Å². The summed E-state index contributed by atoms with van der Waals surface area (Å²) >= 11 is 3.22. The maximum absolute atomic E-state index is 10.7. The third-order valence-corrected chi connectivity index (χ3v) is 2.02. The molecule has 13 heavy (non-hydrogen) atoms. The van der Waals surface area contributed by atoms with Gasteiger partial charge in [0.1, 0.15) is 5.71 Å².